The summed E-state index contributed by atoms with van der Waals surface area (Å²) in [6.07, 6.45) is 1.66. The molecule has 0 radical (unpaired) electrons. The molecule has 50 heavy (non-hydrogen) atoms. The van der Waals surface area contributed by atoms with E-state index in [2.05, 4.69) is 10.6 Å². The minimum atomic E-state index is -0.474. The Morgan fingerprint density at radius 1 is 0.640 bits per heavy atom. The minimum absolute atomic E-state index is 0.0334. The lowest BCUT2D eigenvalue weighted by Crippen LogP contribution is -2.30. The Bertz CT molecular complexity index is 2310. The number of benzene rings is 6. The van der Waals surface area contributed by atoms with E-state index >= 15 is 0 Å². The van der Waals surface area contributed by atoms with Crippen LogP contribution in [0.25, 0.3) is 39.0 Å². The number of nitrogens with one attached hydrogen (secondary N) is 2. The van der Waals surface area contributed by atoms with Crippen LogP contribution in [0.5, 0.6) is 0 Å². The molecule has 0 fully saturated rings. The maximum Gasteiger partial charge on any atom is 0.272 e. The summed E-state index contributed by atoms with van der Waals surface area (Å²) in [5, 5.41) is 7.42. The van der Waals surface area contributed by atoms with E-state index in [4.69, 9.17) is 0 Å². The number of amides is 2. The van der Waals surface area contributed by atoms with Crippen molar-refractivity contribution in [2.24, 2.45) is 0 Å². The molecule has 7 aromatic rings. The smallest absolute Gasteiger partial charge is 0.272 e. The van der Waals surface area contributed by atoms with Gasteiger partial charge < -0.3 is 10.6 Å². The summed E-state index contributed by atoms with van der Waals surface area (Å²) >= 11 is 1.42. The number of nitrogens with zero attached hydrogens (tertiary/aromatic N) is 1. The topological polar surface area (TPSA) is 80.2 Å². The van der Waals surface area contributed by atoms with E-state index in [0.717, 1.165) is 43.4 Å². The summed E-state index contributed by atoms with van der Waals surface area (Å²) in [5.41, 5.74) is 5.70. The molecule has 0 bridgehead atoms. The summed E-state index contributed by atoms with van der Waals surface area (Å²) in [5.74, 6) is -0.901. The van der Waals surface area contributed by atoms with Gasteiger partial charge in [-0.3, -0.25) is 19.0 Å². The Hall–Kier alpha value is -6.18. The number of para-hydroxylation sites is 2. The molecule has 1 atom stereocenters. The van der Waals surface area contributed by atoms with Crippen molar-refractivity contribution in [3.8, 4) is 11.1 Å². The molecule has 0 saturated carbocycles. The zero-order chi connectivity index (χ0) is 34.5. The fourth-order valence-electron chi connectivity index (χ4n) is 5.95. The normalized spacial score (nSPS) is 12.1. The maximum atomic E-state index is 13.9. The lowest BCUT2D eigenvalue weighted by Gasteiger charge is -2.15. The van der Waals surface area contributed by atoms with Crippen LogP contribution in [0.3, 0.4) is 0 Å². The summed E-state index contributed by atoms with van der Waals surface area (Å²) in [6.45, 7) is 1.89. The van der Waals surface area contributed by atoms with Gasteiger partial charge in [-0.15, -0.1) is 11.8 Å². The second kappa shape index (κ2) is 14.5. The summed E-state index contributed by atoms with van der Waals surface area (Å²) < 4.78 is 1.80. The van der Waals surface area contributed by atoms with E-state index in [1.807, 2.05) is 134 Å². The predicted octanol–water partition coefficient (Wildman–Crippen LogP) is 9.69. The highest BCUT2D eigenvalue weighted by Crippen LogP contribution is 2.32. The van der Waals surface area contributed by atoms with Gasteiger partial charge in [0.15, 0.2) is 0 Å². The maximum absolute atomic E-state index is 13.9. The molecule has 6 nitrogen and oxygen atoms in total. The largest absolute Gasteiger partial charge is 0.321 e. The molecule has 7 rings (SSSR count). The molecule has 1 aromatic heterocycles. The molecule has 0 saturated heterocycles. The number of carbonyl (C=O) groups is 3. The quantitative estimate of drug-likeness (QED) is 0.118. The van der Waals surface area contributed by atoms with Crippen molar-refractivity contribution in [1.29, 1.82) is 0 Å². The van der Waals surface area contributed by atoms with E-state index in [9.17, 15) is 14.4 Å². The van der Waals surface area contributed by atoms with E-state index < -0.39 is 17.1 Å². The molecule has 6 aromatic carbocycles. The number of anilines is 1. The van der Waals surface area contributed by atoms with Crippen LogP contribution in [0.15, 0.2) is 168 Å². The lowest BCUT2D eigenvalue weighted by molar-refractivity contribution is -0.113. The van der Waals surface area contributed by atoms with Crippen LogP contribution in [0, 0.1) is 0 Å². The molecule has 244 valence electrons. The van der Waals surface area contributed by atoms with Crippen LogP contribution < -0.4 is 10.6 Å². The molecule has 2 N–H and O–H groups in total. The summed E-state index contributed by atoms with van der Waals surface area (Å²) in [4.78, 5) is 41.7. The van der Waals surface area contributed by atoms with E-state index in [1.165, 1.54) is 11.8 Å². The van der Waals surface area contributed by atoms with Crippen LogP contribution in [0.2, 0.25) is 0 Å². The number of aromatic nitrogens is 1. The SMILES string of the molecule is CC(Sc1cccc(NC(=O)/C(=C\c2ccc(-c3ccccc3)cc2)NC(=O)c2ccccc2)c1)C(=O)n1c2ccccc2c2ccccc21. The van der Waals surface area contributed by atoms with Gasteiger partial charge in [0.05, 0.1) is 16.3 Å². The number of carbonyl (C=O) groups excluding carboxylic acids is 3. The highest BCUT2D eigenvalue weighted by molar-refractivity contribution is 8.00. The van der Waals surface area contributed by atoms with Gasteiger partial charge in [-0.1, -0.05) is 115 Å². The first-order valence-corrected chi connectivity index (χ1v) is 17.2. The Morgan fingerprint density at radius 3 is 1.88 bits per heavy atom. The van der Waals surface area contributed by atoms with Crippen molar-refractivity contribution in [2.75, 3.05) is 5.32 Å². The molecule has 0 spiro atoms. The monoisotopic (exact) mass is 671 g/mol. The third-order valence-corrected chi connectivity index (χ3v) is 9.49. The average molecular weight is 672 g/mol. The molecule has 0 aliphatic carbocycles. The number of fused-ring (bicyclic) bond motifs is 3. The van der Waals surface area contributed by atoms with Gasteiger partial charge in [-0.25, -0.2) is 0 Å². The Morgan fingerprint density at radius 2 is 1.22 bits per heavy atom. The average Bonchev–Trinajstić information content (AvgIpc) is 3.49. The Balaban J connectivity index is 1.11. The number of thioether (sulfide) groups is 1. The fraction of sp³-hybridized carbons (Fsp3) is 0.0465. The number of rotatable bonds is 9. The van der Waals surface area contributed by atoms with Gasteiger partial charge in [-0.05, 0) is 72.2 Å². The van der Waals surface area contributed by atoms with Gasteiger partial charge in [0.2, 0.25) is 5.91 Å². The molecule has 0 aliphatic heterocycles. The molecule has 1 heterocycles. The molecule has 0 aliphatic rings. The third kappa shape index (κ3) is 6.99. The van der Waals surface area contributed by atoms with Crippen molar-refractivity contribution >= 4 is 63.1 Å². The van der Waals surface area contributed by atoms with Gasteiger partial charge in [0, 0.05) is 26.9 Å². The van der Waals surface area contributed by atoms with E-state index in [1.54, 1.807) is 41.0 Å². The number of hydrogen-bond acceptors (Lipinski definition) is 4. The van der Waals surface area contributed by atoms with Crippen LogP contribution >= 0.6 is 11.8 Å². The van der Waals surface area contributed by atoms with Gasteiger partial charge >= 0.3 is 0 Å². The van der Waals surface area contributed by atoms with Gasteiger partial charge in [0.25, 0.3) is 11.8 Å². The van der Waals surface area contributed by atoms with Crippen LogP contribution in [-0.2, 0) is 4.79 Å². The first-order valence-electron chi connectivity index (χ1n) is 16.3. The van der Waals surface area contributed by atoms with Crippen LogP contribution in [0.4, 0.5) is 5.69 Å². The molecule has 1 unspecified atom stereocenters. The van der Waals surface area contributed by atoms with Gasteiger partial charge in [-0.2, -0.15) is 0 Å². The molecule has 7 heteroatoms. The zero-order valence-electron chi connectivity index (χ0n) is 27.2. The Kier molecular flexibility index (Phi) is 9.40. The minimum Gasteiger partial charge on any atom is -0.321 e. The predicted molar refractivity (Wildman–Crippen MR) is 204 cm³/mol. The second-order valence-corrected chi connectivity index (χ2v) is 13.2. The second-order valence-electron chi connectivity index (χ2n) is 11.8. The lowest BCUT2D eigenvalue weighted by atomic mass is 10.0. The van der Waals surface area contributed by atoms with Crippen molar-refractivity contribution in [3.05, 3.63) is 175 Å². The zero-order valence-corrected chi connectivity index (χ0v) is 28.1. The highest BCUT2D eigenvalue weighted by atomic mass is 32.2. The first kappa shape index (κ1) is 32.4. The molecule has 2 amide bonds. The standard InChI is InChI=1S/C43H33N3O3S/c1-29(43(49)46-39-21-10-8-19-36(39)37-20-9-11-22-40(37)46)50-35-18-12-17-34(28-35)44-42(48)38(45-41(47)33-15-6-3-7-16-33)27-30-23-25-32(26-24-30)31-13-4-2-5-14-31/h2-29H,1H3,(H,44,48)(H,45,47)/b38-27+. The van der Waals surface area contributed by atoms with E-state index in [-0.39, 0.29) is 11.6 Å². The summed E-state index contributed by atoms with van der Waals surface area (Å²) in [6, 6.07) is 49.8. The highest BCUT2D eigenvalue weighted by Gasteiger charge is 2.22. The third-order valence-electron chi connectivity index (χ3n) is 8.41. The molecular weight excluding hydrogens is 639 g/mol. The van der Waals surface area contributed by atoms with Crippen molar-refractivity contribution in [1.82, 2.24) is 9.88 Å². The Labute approximate surface area is 294 Å². The summed E-state index contributed by atoms with van der Waals surface area (Å²) in [7, 11) is 0. The molecular formula is C43H33N3O3S. The van der Waals surface area contributed by atoms with E-state index in [0.29, 0.717) is 11.3 Å². The van der Waals surface area contributed by atoms with Crippen LogP contribution in [0.1, 0.15) is 27.6 Å². The number of hydrogen-bond donors (Lipinski definition) is 2. The van der Waals surface area contributed by atoms with Crippen molar-refractivity contribution < 1.29 is 14.4 Å². The van der Waals surface area contributed by atoms with Crippen LogP contribution in [-0.4, -0.2) is 27.5 Å². The van der Waals surface area contributed by atoms with Gasteiger partial charge in [0.1, 0.15) is 5.70 Å². The van der Waals surface area contributed by atoms with Crippen molar-refractivity contribution in [2.45, 2.75) is 17.1 Å². The first-order chi connectivity index (χ1) is 24.4. The fourth-order valence-corrected chi connectivity index (χ4v) is 6.92. The van der Waals surface area contributed by atoms with Crippen molar-refractivity contribution in [3.63, 3.8) is 0 Å².